The topological polar surface area (TPSA) is 75.1 Å². The fourth-order valence-electron chi connectivity index (χ4n) is 4.99. The number of hydrogen-bond acceptors (Lipinski definition) is 4. The number of nitrogens with zero attached hydrogens (tertiary/aromatic N) is 3. The van der Waals surface area contributed by atoms with Gasteiger partial charge in [0.15, 0.2) is 0 Å². The molecule has 0 amide bonds. The summed E-state index contributed by atoms with van der Waals surface area (Å²) in [6.07, 6.45) is 3.52. The molecule has 1 atom stereocenters. The second-order valence-electron chi connectivity index (χ2n) is 9.02. The maximum Gasteiger partial charge on any atom is 0.251 e. The molecule has 1 aliphatic heterocycles. The molecule has 1 unspecified atom stereocenters. The number of hydrogen-bond donors (Lipinski definition) is 1. The molecule has 0 aliphatic carbocycles. The number of nitrogens with two attached hydrogens (primary N) is 1. The van der Waals surface area contributed by atoms with Gasteiger partial charge in [0.1, 0.15) is 17.9 Å². The summed E-state index contributed by atoms with van der Waals surface area (Å²) in [4.78, 5) is 17.2. The van der Waals surface area contributed by atoms with Crippen LogP contribution in [0.4, 0.5) is 0 Å². The summed E-state index contributed by atoms with van der Waals surface area (Å²) in [6, 6.07) is 21.4. The molecule has 0 spiro atoms. The van der Waals surface area contributed by atoms with E-state index < -0.39 is 5.54 Å². The van der Waals surface area contributed by atoms with Gasteiger partial charge in [-0.15, -0.1) is 0 Å². The van der Waals surface area contributed by atoms with Crippen LogP contribution in [0, 0.1) is 0 Å². The minimum atomic E-state index is -1.05. The minimum Gasteiger partial charge on any atom is -0.487 e. The molecule has 0 saturated carbocycles. The van der Waals surface area contributed by atoms with Crippen molar-refractivity contribution in [2.45, 2.75) is 12.1 Å². The molecule has 3 heterocycles. The number of rotatable bonds is 1. The zero-order chi connectivity index (χ0) is 24.3. The largest absolute Gasteiger partial charge is 0.487 e. The molecule has 0 fully saturated rings. The van der Waals surface area contributed by atoms with Crippen molar-refractivity contribution in [2.75, 3.05) is 0 Å². The lowest BCUT2D eigenvalue weighted by atomic mass is 9.80. The lowest BCUT2D eigenvalue weighted by molar-refractivity contribution is 0.305. The van der Waals surface area contributed by atoms with Gasteiger partial charge in [-0.2, -0.15) is 0 Å². The normalized spacial score (nSPS) is 16.9. The molecule has 35 heavy (non-hydrogen) atoms. The number of aromatic nitrogens is 3. The first-order valence-corrected chi connectivity index (χ1v) is 11.7. The Bertz CT molecular complexity index is 1690. The van der Waals surface area contributed by atoms with Crippen LogP contribution in [-0.2, 0) is 26.2 Å². The summed E-state index contributed by atoms with van der Waals surface area (Å²) >= 11 is 6.53. The van der Waals surface area contributed by atoms with Crippen LogP contribution in [0.25, 0.3) is 22.0 Å². The highest BCUT2D eigenvalue weighted by Gasteiger charge is 2.36. The van der Waals surface area contributed by atoms with Crippen molar-refractivity contribution in [1.82, 2.24) is 14.1 Å². The summed E-state index contributed by atoms with van der Waals surface area (Å²) in [5.74, 6) is 0.553. The van der Waals surface area contributed by atoms with E-state index in [1.807, 2.05) is 66.2 Å². The van der Waals surface area contributed by atoms with Gasteiger partial charge in [0.05, 0.1) is 28.8 Å². The highest BCUT2D eigenvalue weighted by molar-refractivity contribution is 6.32. The van der Waals surface area contributed by atoms with Gasteiger partial charge in [0.25, 0.3) is 5.56 Å². The number of fused-ring (bicyclic) bond motifs is 6. The summed E-state index contributed by atoms with van der Waals surface area (Å²) < 4.78 is 9.75. The average molecular weight is 483 g/mol. The quantitative estimate of drug-likeness (QED) is 0.374. The van der Waals surface area contributed by atoms with Gasteiger partial charge in [0, 0.05) is 25.5 Å². The Labute approximate surface area is 207 Å². The third kappa shape index (κ3) is 3.29. The zero-order valence-electron chi connectivity index (χ0n) is 19.3. The molecular formula is C28H23ClN4O2. The van der Waals surface area contributed by atoms with Gasteiger partial charge >= 0.3 is 0 Å². The first-order chi connectivity index (χ1) is 16.9. The van der Waals surface area contributed by atoms with E-state index in [2.05, 4.69) is 11.1 Å². The van der Waals surface area contributed by atoms with Gasteiger partial charge in [-0.1, -0.05) is 41.9 Å². The SMILES string of the molecule is Cn1cncc1C1(N)c2ccc(Cl)c(c2)OCc2cccc(c2)-c2cc(=O)n(C)c3ccc1cc23. The van der Waals surface area contributed by atoms with Crippen LogP contribution in [0.5, 0.6) is 5.75 Å². The number of ether oxygens (including phenoxy) is 1. The molecule has 6 rings (SSSR count). The van der Waals surface area contributed by atoms with Gasteiger partial charge in [0.2, 0.25) is 0 Å². The molecule has 174 valence electrons. The molecule has 5 aromatic rings. The van der Waals surface area contributed by atoms with Crippen molar-refractivity contribution in [2.24, 2.45) is 19.8 Å². The summed E-state index contributed by atoms with van der Waals surface area (Å²) in [5.41, 5.74) is 12.3. The standard InChI is InChI=1S/C28H23ClN4O2/c1-32-16-31-14-26(32)28(30)19-7-9-24-22(11-19)21(13-27(34)33(24)2)18-5-3-4-17(10-18)15-35-25-12-20(28)6-8-23(25)29/h3-14,16H,15,30H2,1-2H3. The molecule has 0 saturated heterocycles. The van der Waals surface area contributed by atoms with Crippen LogP contribution < -0.4 is 16.0 Å². The van der Waals surface area contributed by atoms with E-state index in [4.69, 9.17) is 22.1 Å². The molecule has 3 aromatic carbocycles. The highest BCUT2D eigenvalue weighted by Crippen LogP contribution is 2.40. The first-order valence-electron chi connectivity index (χ1n) is 11.3. The monoisotopic (exact) mass is 482 g/mol. The third-order valence-corrected chi connectivity index (χ3v) is 7.25. The molecule has 6 nitrogen and oxygen atoms in total. The zero-order valence-corrected chi connectivity index (χ0v) is 20.1. The van der Waals surface area contributed by atoms with E-state index in [9.17, 15) is 4.79 Å². The van der Waals surface area contributed by atoms with Gasteiger partial charge in [-0.3, -0.25) is 4.79 Å². The van der Waals surface area contributed by atoms with E-state index in [0.29, 0.717) is 17.4 Å². The van der Waals surface area contributed by atoms with Crippen molar-refractivity contribution in [1.29, 1.82) is 0 Å². The molecule has 6 bridgehead atoms. The highest BCUT2D eigenvalue weighted by atomic mass is 35.5. The lowest BCUT2D eigenvalue weighted by Crippen LogP contribution is -2.41. The van der Waals surface area contributed by atoms with Crippen LogP contribution in [0.2, 0.25) is 5.02 Å². The molecule has 0 radical (unpaired) electrons. The van der Waals surface area contributed by atoms with Gasteiger partial charge in [-0.05, 0) is 58.1 Å². The van der Waals surface area contributed by atoms with Crippen LogP contribution >= 0.6 is 11.6 Å². The lowest BCUT2D eigenvalue weighted by Gasteiger charge is -2.32. The number of imidazole rings is 1. The first kappa shape index (κ1) is 21.6. The van der Waals surface area contributed by atoms with E-state index in [1.165, 1.54) is 0 Å². The second kappa shape index (κ2) is 7.83. The summed E-state index contributed by atoms with van der Waals surface area (Å²) in [5, 5.41) is 1.45. The molecular weight excluding hydrogens is 460 g/mol. The van der Waals surface area contributed by atoms with Crippen LogP contribution in [0.15, 0.2) is 84.0 Å². The number of pyridine rings is 1. The number of aryl methyl sites for hydroxylation is 2. The van der Waals surface area contributed by atoms with E-state index in [0.717, 1.165) is 44.4 Å². The van der Waals surface area contributed by atoms with Crippen molar-refractivity contribution in [3.63, 3.8) is 0 Å². The Hall–Kier alpha value is -3.87. The molecule has 2 aromatic heterocycles. The fraction of sp³-hybridized carbons (Fsp3) is 0.143. The Morgan fingerprint density at radius 1 is 1.03 bits per heavy atom. The van der Waals surface area contributed by atoms with Crippen molar-refractivity contribution in [3.8, 4) is 16.9 Å². The van der Waals surface area contributed by atoms with Crippen LogP contribution in [0.1, 0.15) is 22.4 Å². The Morgan fingerprint density at radius 3 is 2.63 bits per heavy atom. The summed E-state index contributed by atoms with van der Waals surface area (Å²) in [6.45, 7) is 0.325. The number of benzene rings is 3. The van der Waals surface area contributed by atoms with Crippen LogP contribution in [0.3, 0.4) is 0 Å². The molecule has 2 N–H and O–H groups in total. The van der Waals surface area contributed by atoms with Crippen molar-refractivity contribution in [3.05, 3.63) is 117 Å². The third-order valence-electron chi connectivity index (χ3n) is 6.94. The van der Waals surface area contributed by atoms with E-state index >= 15 is 0 Å². The molecule has 1 aliphatic rings. The van der Waals surface area contributed by atoms with Crippen LogP contribution in [-0.4, -0.2) is 14.1 Å². The Balaban J connectivity index is 1.77. The van der Waals surface area contributed by atoms with Crippen molar-refractivity contribution < 1.29 is 4.74 Å². The smallest absolute Gasteiger partial charge is 0.251 e. The Morgan fingerprint density at radius 2 is 1.83 bits per heavy atom. The molecule has 7 heteroatoms. The average Bonchev–Trinajstić information content (AvgIpc) is 3.31. The Kier molecular flexibility index (Phi) is 4.85. The fourth-order valence-corrected chi connectivity index (χ4v) is 5.17. The second-order valence-corrected chi connectivity index (χ2v) is 9.43. The predicted molar refractivity (Wildman–Crippen MR) is 138 cm³/mol. The maximum absolute atomic E-state index is 12.9. The van der Waals surface area contributed by atoms with E-state index in [-0.39, 0.29) is 5.56 Å². The summed E-state index contributed by atoms with van der Waals surface area (Å²) in [7, 11) is 3.71. The van der Waals surface area contributed by atoms with Gasteiger partial charge < -0.3 is 19.6 Å². The van der Waals surface area contributed by atoms with Gasteiger partial charge in [-0.25, -0.2) is 4.98 Å². The minimum absolute atomic E-state index is 0.0738. The number of halogens is 1. The predicted octanol–water partition coefficient (Wildman–Crippen LogP) is 4.74. The van der Waals surface area contributed by atoms with Crippen molar-refractivity contribution >= 4 is 22.5 Å². The van der Waals surface area contributed by atoms with E-state index in [1.54, 1.807) is 30.2 Å². The maximum atomic E-state index is 12.9.